The summed E-state index contributed by atoms with van der Waals surface area (Å²) in [5.41, 5.74) is 7.47. The summed E-state index contributed by atoms with van der Waals surface area (Å²) in [6, 6.07) is 9.60. The van der Waals surface area contributed by atoms with Crippen LogP contribution in [0.25, 0.3) is 0 Å². The quantitative estimate of drug-likeness (QED) is 0.380. The van der Waals surface area contributed by atoms with E-state index in [1.54, 1.807) is 0 Å². The van der Waals surface area contributed by atoms with Crippen LogP contribution in [-0.2, 0) is 9.59 Å². The van der Waals surface area contributed by atoms with Gasteiger partial charge in [-0.15, -0.1) is 0 Å². The van der Waals surface area contributed by atoms with Gasteiger partial charge in [0.25, 0.3) is 5.91 Å². The molecule has 2 amide bonds. The number of primary amides is 1. The molecule has 234 valence electrons. The first-order chi connectivity index (χ1) is 20.0. The highest BCUT2D eigenvalue weighted by Gasteiger charge is 2.70. The standard InChI is InChI=1S/C38H54N2O3/c1-33(2)28-13-16-38(7)31(36(28,5)15-14-29(33)40-32(43)24-11-9-8-10-12-24)27(41)21-25-26-22-34(3,23-30(39)42)17-18-35(26,4)19-20-37(25,38)6/h8-12,21,26,28-29,31H,13-20,22-23H2,1-7H3,(H2,39,42)(H,40,43)/t26-,28-,29?,31+,34-,35-,36-,37+,38+/m0/s1. The molecule has 1 aromatic carbocycles. The zero-order valence-corrected chi connectivity index (χ0v) is 27.6. The highest BCUT2D eigenvalue weighted by molar-refractivity contribution is 5.96. The number of hydrogen-bond acceptors (Lipinski definition) is 3. The van der Waals surface area contributed by atoms with Crippen LogP contribution in [0.1, 0.15) is 123 Å². The molecule has 5 aliphatic rings. The van der Waals surface area contributed by atoms with Crippen molar-refractivity contribution in [2.75, 3.05) is 0 Å². The number of nitrogens with two attached hydrogens (primary N) is 1. The van der Waals surface area contributed by atoms with E-state index in [1.807, 2.05) is 30.3 Å². The second kappa shape index (κ2) is 9.78. The van der Waals surface area contributed by atoms with Gasteiger partial charge in [0.15, 0.2) is 5.78 Å². The van der Waals surface area contributed by atoms with Gasteiger partial charge in [-0.25, -0.2) is 0 Å². The molecule has 5 nitrogen and oxygen atoms in total. The Kier molecular flexibility index (Phi) is 6.96. The SMILES string of the molecule is CC1(C)C(NC(=O)c2ccccc2)CC[C@]2(C)[C@H]3C(=O)C=C4[C@@H]5C[C@@](C)(CC(N)=O)CC[C@@]5(C)CC[C@@]4(C)[C@]3(C)CC[C@@H]12. The van der Waals surface area contributed by atoms with Crippen molar-refractivity contribution in [1.29, 1.82) is 0 Å². The molecule has 0 aliphatic heterocycles. The Morgan fingerprint density at radius 2 is 1.56 bits per heavy atom. The number of fused-ring (bicyclic) bond motifs is 7. The van der Waals surface area contributed by atoms with Gasteiger partial charge in [0.05, 0.1) is 0 Å². The van der Waals surface area contributed by atoms with Gasteiger partial charge >= 0.3 is 0 Å². The first-order valence-electron chi connectivity index (χ1n) is 16.9. The fraction of sp³-hybridized carbons (Fsp3) is 0.711. The van der Waals surface area contributed by atoms with Crippen molar-refractivity contribution in [3.05, 3.63) is 47.5 Å². The fourth-order valence-corrected chi connectivity index (χ4v) is 11.9. The number of benzene rings is 1. The van der Waals surface area contributed by atoms with Crippen LogP contribution in [0.2, 0.25) is 0 Å². The van der Waals surface area contributed by atoms with Crippen molar-refractivity contribution in [3.8, 4) is 0 Å². The number of amides is 2. The molecule has 5 aliphatic carbocycles. The van der Waals surface area contributed by atoms with E-state index in [2.05, 4.69) is 59.9 Å². The van der Waals surface area contributed by atoms with E-state index in [0.717, 1.165) is 51.4 Å². The molecule has 0 radical (unpaired) electrons. The molecule has 0 saturated heterocycles. The molecule has 4 saturated carbocycles. The summed E-state index contributed by atoms with van der Waals surface area (Å²) < 4.78 is 0. The maximum Gasteiger partial charge on any atom is 0.251 e. The summed E-state index contributed by atoms with van der Waals surface area (Å²) >= 11 is 0. The second-order valence-corrected chi connectivity index (χ2v) is 17.4. The average molecular weight is 587 g/mol. The third kappa shape index (κ3) is 4.41. The summed E-state index contributed by atoms with van der Waals surface area (Å²) in [6.07, 6.45) is 11.8. The smallest absolute Gasteiger partial charge is 0.251 e. The third-order valence-electron chi connectivity index (χ3n) is 14.6. The van der Waals surface area contributed by atoms with Crippen LogP contribution in [-0.4, -0.2) is 23.6 Å². The first kappa shape index (κ1) is 30.6. The van der Waals surface area contributed by atoms with E-state index in [4.69, 9.17) is 5.73 Å². The molecule has 0 spiro atoms. The van der Waals surface area contributed by atoms with Gasteiger partial charge in [0, 0.05) is 23.9 Å². The lowest BCUT2D eigenvalue weighted by Crippen LogP contribution is -2.67. The Labute approximate surface area is 259 Å². The highest BCUT2D eigenvalue weighted by Crippen LogP contribution is 2.75. The molecule has 4 fully saturated rings. The van der Waals surface area contributed by atoms with Crippen LogP contribution in [0, 0.1) is 50.2 Å². The molecular weight excluding hydrogens is 532 g/mol. The zero-order chi connectivity index (χ0) is 31.2. The number of carbonyl (C=O) groups is 3. The summed E-state index contributed by atoms with van der Waals surface area (Å²) in [7, 11) is 0. The van der Waals surface area contributed by atoms with Crippen LogP contribution in [0.3, 0.4) is 0 Å². The Morgan fingerprint density at radius 3 is 2.23 bits per heavy atom. The molecular formula is C38H54N2O3. The van der Waals surface area contributed by atoms with E-state index in [-0.39, 0.29) is 56.3 Å². The number of allylic oxidation sites excluding steroid dienone is 2. The Bertz CT molecular complexity index is 1370. The molecule has 0 bridgehead atoms. The van der Waals surface area contributed by atoms with Gasteiger partial charge in [-0.3, -0.25) is 14.4 Å². The summed E-state index contributed by atoms with van der Waals surface area (Å²) in [6.45, 7) is 16.7. The number of nitrogens with one attached hydrogen (secondary N) is 1. The maximum atomic E-state index is 14.6. The second-order valence-electron chi connectivity index (χ2n) is 17.4. The third-order valence-corrected chi connectivity index (χ3v) is 14.6. The molecule has 1 aromatic rings. The van der Waals surface area contributed by atoms with Crippen molar-refractivity contribution in [3.63, 3.8) is 0 Å². The molecule has 0 aromatic heterocycles. The maximum absolute atomic E-state index is 14.6. The molecule has 5 heteroatoms. The lowest BCUT2D eigenvalue weighted by atomic mass is 9.33. The van der Waals surface area contributed by atoms with E-state index in [9.17, 15) is 14.4 Å². The predicted octanol–water partition coefficient (Wildman–Crippen LogP) is 7.64. The van der Waals surface area contributed by atoms with Gasteiger partial charge in [-0.05, 0) is 120 Å². The summed E-state index contributed by atoms with van der Waals surface area (Å²) in [5.74, 6) is 0.751. The van der Waals surface area contributed by atoms with Crippen molar-refractivity contribution < 1.29 is 14.4 Å². The topological polar surface area (TPSA) is 89.3 Å². The number of carbonyl (C=O) groups excluding carboxylic acids is 3. The van der Waals surface area contributed by atoms with Gasteiger partial charge in [-0.1, -0.05) is 72.2 Å². The monoisotopic (exact) mass is 586 g/mol. The van der Waals surface area contributed by atoms with Gasteiger partial charge in [0.1, 0.15) is 0 Å². The largest absolute Gasteiger partial charge is 0.370 e. The van der Waals surface area contributed by atoms with Crippen molar-refractivity contribution in [2.45, 2.75) is 119 Å². The number of rotatable bonds is 4. The van der Waals surface area contributed by atoms with E-state index in [0.29, 0.717) is 29.6 Å². The summed E-state index contributed by atoms with van der Waals surface area (Å²) in [4.78, 5) is 39.9. The normalized spacial score (nSPS) is 45.0. The molecule has 6 rings (SSSR count). The molecule has 43 heavy (non-hydrogen) atoms. The number of ketones is 1. The van der Waals surface area contributed by atoms with E-state index in [1.165, 1.54) is 12.0 Å². The fourth-order valence-electron chi connectivity index (χ4n) is 11.9. The van der Waals surface area contributed by atoms with E-state index < -0.39 is 0 Å². The lowest BCUT2D eigenvalue weighted by molar-refractivity contribution is -0.188. The van der Waals surface area contributed by atoms with Gasteiger partial charge in [0.2, 0.25) is 5.91 Å². The van der Waals surface area contributed by atoms with Crippen LogP contribution in [0.4, 0.5) is 0 Å². The average Bonchev–Trinajstić information content (AvgIpc) is 2.92. The Balaban J connectivity index is 1.33. The Hall–Kier alpha value is -2.43. The number of hydrogen-bond donors (Lipinski definition) is 2. The lowest BCUT2D eigenvalue weighted by Gasteiger charge is -2.70. The minimum absolute atomic E-state index is 0.00201. The van der Waals surface area contributed by atoms with Crippen LogP contribution < -0.4 is 11.1 Å². The molecule has 9 atom stereocenters. The van der Waals surface area contributed by atoms with E-state index >= 15 is 0 Å². The molecule has 1 unspecified atom stereocenters. The van der Waals surface area contributed by atoms with Crippen molar-refractivity contribution in [1.82, 2.24) is 5.32 Å². The van der Waals surface area contributed by atoms with Crippen LogP contribution in [0.5, 0.6) is 0 Å². The van der Waals surface area contributed by atoms with Crippen molar-refractivity contribution in [2.24, 2.45) is 56.0 Å². The predicted molar refractivity (Wildman–Crippen MR) is 171 cm³/mol. The molecule has 3 N–H and O–H groups in total. The van der Waals surface area contributed by atoms with Gasteiger partial charge < -0.3 is 11.1 Å². The Morgan fingerprint density at radius 1 is 0.884 bits per heavy atom. The van der Waals surface area contributed by atoms with Gasteiger partial charge in [-0.2, -0.15) is 0 Å². The first-order valence-corrected chi connectivity index (χ1v) is 16.9. The summed E-state index contributed by atoms with van der Waals surface area (Å²) in [5, 5.41) is 3.41. The molecule has 0 heterocycles. The minimum atomic E-state index is -0.213. The van der Waals surface area contributed by atoms with Crippen molar-refractivity contribution >= 4 is 17.6 Å². The minimum Gasteiger partial charge on any atom is -0.370 e. The van der Waals surface area contributed by atoms with Crippen LogP contribution in [0.15, 0.2) is 42.0 Å². The van der Waals surface area contributed by atoms with Crippen LogP contribution >= 0.6 is 0 Å². The highest BCUT2D eigenvalue weighted by atomic mass is 16.2. The zero-order valence-electron chi connectivity index (χ0n) is 27.6.